The summed E-state index contributed by atoms with van der Waals surface area (Å²) in [7, 11) is -0.131. The molecule has 0 bridgehead atoms. The van der Waals surface area contributed by atoms with Crippen molar-refractivity contribution >= 4 is 25.9 Å². The summed E-state index contributed by atoms with van der Waals surface area (Å²) in [6, 6.07) is 11.5. The Balaban J connectivity index is 1.56. The van der Waals surface area contributed by atoms with Gasteiger partial charge in [-0.05, 0) is 87.8 Å². The van der Waals surface area contributed by atoms with Gasteiger partial charge in [-0.2, -0.15) is 0 Å². The molecule has 0 spiro atoms. The fraction of sp³-hybridized carbons (Fsp3) is 0.571. The van der Waals surface area contributed by atoms with Gasteiger partial charge in [-0.3, -0.25) is 4.79 Å². The molecule has 1 saturated carbocycles. The first-order chi connectivity index (χ1) is 20.6. The van der Waals surface area contributed by atoms with Gasteiger partial charge < -0.3 is 18.6 Å². The molecule has 2 aromatic rings. The Morgan fingerprint density at radius 1 is 1.00 bits per heavy atom. The predicted molar refractivity (Wildman–Crippen MR) is 176 cm³/mol. The summed E-state index contributed by atoms with van der Waals surface area (Å²) in [6.07, 6.45) is 5.21. The molecule has 2 fully saturated rings. The molecule has 0 radical (unpaired) electrons. The Morgan fingerprint density at radius 2 is 1.68 bits per heavy atom. The van der Waals surface area contributed by atoms with Crippen molar-refractivity contribution in [2.45, 2.75) is 109 Å². The Bertz CT molecular complexity index is 1350. The van der Waals surface area contributed by atoms with Crippen LogP contribution in [0.5, 0.6) is 11.6 Å². The van der Waals surface area contributed by atoms with Crippen LogP contribution in [0.1, 0.15) is 96.4 Å². The number of hydrogen-bond acceptors (Lipinski definition) is 7. The first-order valence-corrected chi connectivity index (χ1v) is 18.7. The average Bonchev–Trinajstić information content (AvgIpc) is 3.72. The number of amides is 2. The van der Waals surface area contributed by atoms with Crippen molar-refractivity contribution in [3.8, 4) is 11.6 Å². The third kappa shape index (κ3) is 8.50. The maximum Gasteiger partial charge on any atom is 0.417 e. The highest BCUT2D eigenvalue weighted by Gasteiger charge is 2.38. The lowest BCUT2D eigenvalue weighted by Crippen LogP contribution is -2.41. The number of carbonyl (C=O) groups excluding carboxylic acids is 2. The van der Waals surface area contributed by atoms with Gasteiger partial charge in [0.15, 0.2) is 8.32 Å². The third-order valence-electron chi connectivity index (χ3n) is 8.57. The molecule has 1 aliphatic carbocycles. The second kappa shape index (κ2) is 13.4. The Morgan fingerprint density at radius 3 is 2.27 bits per heavy atom. The smallest absolute Gasteiger partial charge is 0.417 e. The van der Waals surface area contributed by atoms with Gasteiger partial charge in [0, 0.05) is 30.6 Å². The number of nitrogens with zero attached hydrogens (tertiary/aromatic N) is 2. The van der Waals surface area contributed by atoms with E-state index in [9.17, 15) is 9.59 Å². The zero-order valence-electron chi connectivity index (χ0n) is 28.0. The van der Waals surface area contributed by atoms with Gasteiger partial charge in [-0.25, -0.2) is 14.7 Å². The number of rotatable bonds is 11. The number of methoxy groups -OCH3 is 1. The van der Waals surface area contributed by atoms with Crippen LogP contribution in [0.4, 0.5) is 4.79 Å². The topological polar surface area (TPSA) is 87.2 Å². The number of imide groups is 1. The summed E-state index contributed by atoms with van der Waals surface area (Å²) in [5.74, 6) is 1.62. The molecule has 1 aliphatic heterocycles. The van der Waals surface area contributed by atoms with E-state index >= 15 is 0 Å². The van der Waals surface area contributed by atoms with Gasteiger partial charge in [0.05, 0.1) is 25.5 Å². The quantitative estimate of drug-likeness (QED) is 0.185. The first-order valence-electron chi connectivity index (χ1n) is 15.8. The number of carbonyl (C=O) groups is 2. The molecule has 2 amide bonds. The van der Waals surface area contributed by atoms with Gasteiger partial charge in [-0.1, -0.05) is 45.0 Å². The lowest BCUT2D eigenvalue weighted by molar-refractivity contribution is -0.127. The zero-order valence-corrected chi connectivity index (χ0v) is 29.0. The summed E-state index contributed by atoms with van der Waals surface area (Å²) in [6.45, 7) is 17.9. The molecule has 4 rings (SSSR count). The molecule has 240 valence electrons. The number of likely N-dealkylation sites (tertiary alicyclic amines) is 1. The van der Waals surface area contributed by atoms with Crippen molar-refractivity contribution < 1.29 is 28.2 Å². The van der Waals surface area contributed by atoms with Gasteiger partial charge in [0.1, 0.15) is 11.4 Å². The average molecular weight is 623 g/mol. The van der Waals surface area contributed by atoms with Crippen molar-refractivity contribution in [3.63, 3.8) is 0 Å². The minimum Gasteiger partial charge on any atom is -0.494 e. The van der Waals surface area contributed by atoms with E-state index in [2.05, 4.69) is 39.9 Å². The van der Waals surface area contributed by atoms with E-state index < -0.39 is 26.1 Å². The normalized spacial score (nSPS) is 18.0. The van der Waals surface area contributed by atoms with Crippen LogP contribution < -0.4 is 9.47 Å². The van der Waals surface area contributed by atoms with Crippen LogP contribution in [0.2, 0.25) is 18.1 Å². The fourth-order valence-corrected chi connectivity index (χ4v) is 6.01. The molecular weight excluding hydrogens is 572 g/mol. The summed E-state index contributed by atoms with van der Waals surface area (Å²) < 4.78 is 23.6. The van der Waals surface area contributed by atoms with Gasteiger partial charge in [0.25, 0.3) is 0 Å². The molecule has 8 nitrogen and oxygen atoms in total. The monoisotopic (exact) mass is 622 g/mol. The summed E-state index contributed by atoms with van der Waals surface area (Å²) in [5, 5.41) is 0.182. The Hall–Kier alpha value is -3.17. The van der Waals surface area contributed by atoms with Crippen molar-refractivity contribution in [1.29, 1.82) is 0 Å². The minimum absolute atomic E-state index is 0.182. The molecule has 0 N–H and O–H groups in total. The summed E-state index contributed by atoms with van der Waals surface area (Å²) in [4.78, 5) is 32.0. The number of benzene rings is 1. The van der Waals surface area contributed by atoms with E-state index in [0.29, 0.717) is 37.1 Å². The van der Waals surface area contributed by atoms with E-state index in [4.69, 9.17) is 23.6 Å². The molecule has 1 atom stereocenters. The molecule has 9 heteroatoms. The summed E-state index contributed by atoms with van der Waals surface area (Å²) in [5.41, 5.74) is 2.83. The lowest BCUT2D eigenvalue weighted by atomic mass is 9.98. The first kappa shape index (κ1) is 33.7. The van der Waals surface area contributed by atoms with Crippen LogP contribution in [0.25, 0.3) is 5.57 Å². The van der Waals surface area contributed by atoms with E-state index in [1.54, 1.807) is 27.9 Å². The largest absolute Gasteiger partial charge is 0.494 e. The van der Waals surface area contributed by atoms with Crippen molar-refractivity contribution in [2.24, 2.45) is 0 Å². The molecule has 2 heterocycles. The van der Waals surface area contributed by atoms with Gasteiger partial charge in [-0.15, -0.1) is 0 Å². The molecule has 1 aromatic heterocycles. The third-order valence-corrected chi connectivity index (χ3v) is 13.1. The summed E-state index contributed by atoms with van der Waals surface area (Å²) >= 11 is 0. The fourth-order valence-electron chi connectivity index (χ4n) is 4.93. The Kier molecular flexibility index (Phi) is 10.3. The van der Waals surface area contributed by atoms with Crippen molar-refractivity contribution in [3.05, 3.63) is 59.3 Å². The van der Waals surface area contributed by atoms with E-state index in [1.807, 2.05) is 36.4 Å². The van der Waals surface area contributed by atoms with E-state index in [1.165, 1.54) is 4.90 Å². The second-order valence-electron chi connectivity index (χ2n) is 14.3. The highest BCUT2D eigenvalue weighted by atomic mass is 28.4. The number of ether oxygens (including phenoxy) is 3. The van der Waals surface area contributed by atoms with Crippen LogP contribution in [0.15, 0.2) is 42.5 Å². The van der Waals surface area contributed by atoms with Gasteiger partial charge in [0.2, 0.25) is 11.8 Å². The molecule has 2 aliphatic rings. The molecule has 1 saturated heterocycles. The van der Waals surface area contributed by atoms with Crippen LogP contribution in [0.3, 0.4) is 0 Å². The van der Waals surface area contributed by atoms with Crippen LogP contribution >= 0.6 is 0 Å². The second-order valence-corrected chi connectivity index (χ2v) is 19.1. The van der Waals surface area contributed by atoms with Crippen LogP contribution in [-0.4, -0.2) is 62.2 Å². The van der Waals surface area contributed by atoms with E-state index in [-0.39, 0.29) is 17.4 Å². The number of pyridine rings is 1. The highest BCUT2D eigenvalue weighted by molar-refractivity contribution is 6.74. The minimum atomic E-state index is -1.77. The highest BCUT2D eigenvalue weighted by Crippen LogP contribution is 2.44. The molecule has 44 heavy (non-hydrogen) atoms. The maximum atomic E-state index is 13.1. The predicted octanol–water partition coefficient (Wildman–Crippen LogP) is 8.12. The zero-order chi connectivity index (χ0) is 32.3. The standard InChI is InChI=1S/C35H50N2O6Si/c1-34(2,3)43-33(39)37-26(15-20-31(37)38)23-29(30-19-18-28(24-11-12-24)32(36-30)40-7)25-13-16-27(17-14-25)41-21-10-22-42-44(8,9)35(4,5)6/h13-14,16-19,23-24,26H,10-12,15,20-22H2,1-9H3/t26-/m1/s1. The molecule has 1 aromatic carbocycles. The Labute approximate surface area is 264 Å². The van der Waals surface area contributed by atoms with E-state index in [0.717, 1.165) is 41.7 Å². The number of aromatic nitrogens is 1. The lowest BCUT2D eigenvalue weighted by Gasteiger charge is -2.36. The maximum absolute atomic E-state index is 13.1. The van der Waals surface area contributed by atoms with Crippen LogP contribution in [-0.2, 0) is 14.0 Å². The van der Waals surface area contributed by atoms with Crippen LogP contribution in [0, 0.1) is 0 Å². The number of hydrogen-bond donors (Lipinski definition) is 0. The van der Waals surface area contributed by atoms with Gasteiger partial charge >= 0.3 is 6.09 Å². The molecular formula is C35H50N2O6Si. The van der Waals surface area contributed by atoms with Crippen molar-refractivity contribution in [2.75, 3.05) is 20.3 Å². The molecule has 0 unspecified atom stereocenters. The SMILES string of the molecule is COc1nc(C(=C[C@H]2CCC(=O)N2C(=O)OC(C)(C)C)c2ccc(OCCCO[Si](C)(C)C(C)(C)C)cc2)ccc1C1CC1. The van der Waals surface area contributed by atoms with Crippen molar-refractivity contribution in [1.82, 2.24) is 9.88 Å².